The Balaban J connectivity index is 1.34. The number of hydrogen-bond acceptors (Lipinski definition) is 4. The highest BCUT2D eigenvalue weighted by Gasteiger charge is 2.44. The Kier molecular flexibility index (Phi) is 4.05. The summed E-state index contributed by atoms with van der Waals surface area (Å²) in [5.74, 6) is -0.279. The molecule has 0 radical (unpaired) electrons. The summed E-state index contributed by atoms with van der Waals surface area (Å²) >= 11 is 0. The molecule has 0 unspecified atom stereocenters. The predicted molar refractivity (Wildman–Crippen MR) is 82.5 cm³/mol. The predicted octanol–water partition coefficient (Wildman–Crippen LogP) is 1.14. The van der Waals surface area contributed by atoms with E-state index >= 15 is 0 Å². The lowest BCUT2D eigenvalue weighted by Gasteiger charge is -2.38. The Bertz CT molecular complexity index is 473. The molecule has 1 saturated carbocycles. The van der Waals surface area contributed by atoms with E-state index in [1.165, 1.54) is 12.8 Å². The number of carbonyl (C=O) groups excluding carboxylic acids is 2. The molecule has 3 saturated heterocycles. The van der Waals surface area contributed by atoms with Crippen LogP contribution in [0.1, 0.15) is 44.9 Å². The Morgan fingerprint density at radius 1 is 1.09 bits per heavy atom. The van der Waals surface area contributed by atoms with E-state index in [9.17, 15) is 9.59 Å². The third-order valence-corrected chi connectivity index (χ3v) is 5.92. The molecule has 4 fully saturated rings. The molecule has 2 amide bonds. The van der Waals surface area contributed by atoms with E-state index in [4.69, 9.17) is 9.47 Å². The van der Waals surface area contributed by atoms with E-state index in [1.807, 2.05) is 9.80 Å². The van der Waals surface area contributed by atoms with Crippen LogP contribution in [0.5, 0.6) is 0 Å². The molecule has 0 N–H and O–H groups in total. The summed E-state index contributed by atoms with van der Waals surface area (Å²) < 4.78 is 11.4. The summed E-state index contributed by atoms with van der Waals surface area (Å²) in [5.41, 5.74) is 0. The molecule has 0 aromatic heterocycles. The summed E-state index contributed by atoms with van der Waals surface area (Å²) in [6, 6.07) is 0.380. The fraction of sp³-hybridized carbons (Fsp3) is 0.882. The van der Waals surface area contributed by atoms with Crippen LogP contribution in [0, 0.1) is 5.92 Å². The highest BCUT2D eigenvalue weighted by atomic mass is 16.7. The van der Waals surface area contributed by atoms with Crippen molar-refractivity contribution in [3.63, 3.8) is 0 Å². The highest BCUT2D eigenvalue weighted by Crippen LogP contribution is 2.34. The number of piperidine rings is 1. The summed E-state index contributed by atoms with van der Waals surface area (Å²) in [5, 5.41) is 0. The van der Waals surface area contributed by atoms with Crippen LogP contribution in [0.25, 0.3) is 0 Å². The Morgan fingerprint density at radius 2 is 1.74 bits per heavy atom. The summed E-state index contributed by atoms with van der Waals surface area (Å²) in [4.78, 5) is 28.9. The molecule has 23 heavy (non-hydrogen) atoms. The van der Waals surface area contributed by atoms with Crippen LogP contribution >= 0.6 is 0 Å². The third kappa shape index (κ3) is 2.87. The molecule has 6 nitrogen and oxygen atoms in total. The topological polar surface area (TPSA) is 59.1 Å². The van der Waals surface area contributed by atoms with Crippen LogP contribution in [0.4, 0.5) is 0 Å². The second kappa shape index (κ2) is 6.06. The van der Waals surface area contributed by atoms with E-state index in [1.54, 1.807) is 0 Å². The molecule has 4 aliphatic rings. The van der Waals surface area contributed by atoms with Gasteiger partial charge < -0.3 is 19.3 Å². The largest absolute Gasteiger partial charge is 0.347 e. The van der Waals surface area contributed by atoms with Gasteiger partial charge in [0.25, 0.3) is 0 Å². The standard InChI is InChI=1S/C17H26N2O4/c20-15-11-13(12-19(15)14-3-1-2-4-14)16(21)18-7-5-17(6-8-18)22-9-10-23-17/h13-14H,1-12H2/t13-/m0/s1. The van der Waals surface area contributed by atoms with Gasteiger partial charge in [-0.25, -0.2) is 0 Å². The molecular formula is C17H26N2O4. The summed E-state index contributed by atoms with van der Waals surface area (Å²) in [7, 11) is 0. The number of nitrogens with zero attached hydrogens (tertiary/aromatic N) is 2. The first-order valence-electron chi connectivity index (χ1n) is 9.03. The first kappa shape index (κ1) is 15.4. The maximum absolute atomic E-state index is 12.8. The second-order valence-corrected chi connectivity index (χ2v) is 7.32. The fourth-order valence-electron chi connectivity index (χ4n) is 4.58. The second-order valence-electron chi connectivity index (χ2n) is 7.32. The zero-order chi connectivity index (χ0) is 15.9. The van der Waals surface area contributed by atoms with Gasteiger partial charge in [-0.1, -0.05) is 12.8 Å². The van der Waals surface area contributed by atoms with Crippen LogP contribution in [0.15, 0.2) is 0 Å². The van der Waals surface area contributed by atoms with Crippen LogP contribution in [-0.4, -0.2) is 66.3 Å². The fourth-order valence-corrected chi connectivity index (χ4v) is 4.58. The number of ether oxygens (including phenoxy) is 2. The molecule has 0 bridgehead atoms. The zero-order valence-corrected chi connectivity index (χ0v) is 13.7. The molecule has 128 valence electrons. The minimum absolute atomic E-state index is 0.145. The summed E-state index contributed by atoms with van der Waals surface area (Å²) in [6.07, 6.45) is 6.51. The lowest BCUT2D eigenvalue weighted by atomic mass is 10.0. The number of amides is 2. The van der Waals surface area contributed by atoms with Crippen LogP contribution in [0.3, 0.4) is 0 Å². The van der Waals surface area contributed by atoms with Crippen molar-refractivity contribution in [3.8, 4) is 0 Å². The van der Waals surface area contributed by atoms with Gasteiger partial charge in [-0.3, -0.25) is 9.59 Å². The van der Waals surface area contributed by atoms with Crippen LogP contribution in [0.2, 0.25) is 0 Å². The molecule has 0 aromatic rings. The molecule has 1 aliphatic carbocycles. The smallest absolute Gasteiger partial charge is 0.228 e. The molecule has 6 heteroatoms. The van der Waals surface area contributed by atoms with Crippen molar-refractivity contribution in [3.05, 3.63) is 0 Å². The SMILES string of the molecule is O=C([C@H]1CC(=O)N(C2CCCC2)C1)N1CCC2(CC1)OCCO2. The lowest BCUT2D eigenvalue weighted by molar-refractivity contribution is -0.188. The number of carbonyl (C=O) groups is 2. The maximum Gasteiger partial charge on any atom is 0.228 e. The van der Waals surface area contributed by atoms with Gasteiger partial charge in [0.1, 0.15) is 0 Å². The van der Waals surface area contributed by atoms with E-state index in [0.717, 1.165) is 25.7 Å². The third-order valence-electron chi connectivity index (χ3n) is 5.92. The van der Waals surface area contributed by atoms with Gasteiger partial charge in [0.05, 0.1) is 19.1 Å². The van der Waals surface area contributed by atoms with Crippen molar-refractivity contribution in [2.75, 3.05) is 32.8 Å². The molecular weight excluding hydrogens is 296 g/mol. The van der Waals surface area contributed by atoms with Gasteiger partial charge in [0, 0.05) is 44.9 Å². The number of likely N-dealkylation sites (tertiary alicyclic amines) is 2. The van der Waals surface area contributed by atoms with Crippen molar-refractivity contribution < 1.29 is 19.1 Å². The van der Waals surface area contributed by atoms with Gasteiger partial charge in [0.2, 0.25) is 11.8 Å². The van der Waals surface area contributed by atoms with Crippen molar-refractivity contribution >= 4 is 11.8 Å². The van der Waals surface area contributed by atoms with Crippen molar-refractivity contribution in [2.24, 2.45) is 5.92 Å². The maximum atomic E-state index is 12.8. The van der Waals surface area contributed by atoms with Gasteiger partial charge in [0.15, 0.2) is 5.79 Å². The van der Waals surface area contributed by atoms with E-state index in [2.05, 4.69) is 0 Å². The average molecular weight is 322 g/mol. The molecule has 1 atom stereocenters. The Hall–Kier alpha value is -1.14. The van der Waals surface area contributed by atoms with Crippen LogP contribution in [-0.2, 0) is 19.1 Å². The Labute approximate surface area is 137 Å². The zero-order valence-electron chi connectivity index (χ0n) is 13.7. The molecule has 4 rings (SSSR count). The minimum Gasteiger partial charge on any atom is -0.347 e. The highest BCUT2D eigenvalue weighted by molar-refractivity contribution is 5.89. The quantitative estimate of drug-likeness (QED) is 0.765. The first-order chi connectivity index (χ1) is 11.2. The van der Waals surface area contributed by atoms with E-state index in [0.29, 0.717) is 45.3 Å². The van der Waals surface area contributed by atoms with Crippen molar-refractivity contribution in [2.45, 2.75) is 56.8 Å². The number of hydrogen-bond donors (Lipinski definition) is 0. The van der Waals surface area contributed by atoms with Crippen molar-refractivity contribution in [1.29, 1.82) is 0 Å². The summed E-state index contributed by atoms with van der Waals surface area (Å²) in [6.45, 7) is 3.28. The number of rotatable bonds is 2. The molecule has 3 heterocycles. The van der Waals surface area contributed by atoms with Gasteiger partial charge in [-0.15, -0.1) is 0 Å². The Morgan fingerprint density at radius 3 is 2.39 bits per heavy atom. The minimum atomic E-state index is -0.446. The first-order valence-corrected chi connectivity index (χ1v) is 9.03. The molecule has 0 aromatic carbocycles. The van der Waals surface area contributed by atoms with E-state index < -0.39 is 5.79 Å². The monoisotopic (exact) mass is 322 g/mol. The normalized spacial score (nSPS) is 31.5. The molecule has 1 spiro atoms. The van der Waals surface area contributed by atoms with Crippen LogP contribution < -0.4 is 0 Å². The molecule has 3 aliphatic heterocycles. The van der Waals surface area contributed by atoms with Gasteiger partial charge in [-0.05, 0) is 12.8 Å². The van der Waals surface area contributed by atoms with Gasteiger partial charge in [-0.2, -0.15) is 0 Å². The lowest BCUT2D eigenvalue weighted by Crippen LogP contribution is -2.49. The van der Waals surface area contributed by atoms with Gasteiger partial charge >= 0.3 is 0 Å². The van der Waals surface area contributed by atoms with E-state index in [-0.39, 0.29) is 17.7 Å². The van der Waals surface area contributed by atoms with Crippen molar-refractivity contribution in [1.82, 2.24) is 9.80 Å². The average Bonchev–Trinajstić information content (AvgIpc) is 3.28.